The summed E-state index contributed by atoms with van der Waals surface area (Å²) in [7, 11) is 0. The van der Waals surface area contributed by atoms with E-state index in [2.05, 4.69) is 9.68 Å². The van der Waals surface area contributed by atoms with Gasteiger partial charge in [0.25, 0.3) is 0 Å². The maximum Gasteiger partial charge on any atom is 0.187 e. The zero-order valence-corrected chi connectivity index (χ0v) is 7.90. The van der Waals surface area contributed by atoms with Gasteiger partial charge in [-0.15, -0.1) is 0 Å². The number of rotatable bonds is 2. The van der Waals surface area contributed by atoms with E-state index in [1.54, 1.807) is 24.3 Å². The second-order valence-electron chi connectivity index (χ2n) is 2.66. The van der Waals surface area contributed by atoms with Crippen LogP contribution in [0.3, 0.4) is 0 Å². The summed E-state index contributed by atoms with van der Waals surface area (Å²) < 4.78 is 24.7. The maximum absolute atomic E-state index is 11.0. The maximum atomic E-state index is 11.0. The summed E-state index contributed by atoms with van der Waals surface area (Å²) in [5, 5.41) is 3.54. The Kier molecular flexibility index (Phi) is 2.43. The van der Waals surface area contributed by atoms with Gasteiger partial charge < -0.3 is 9.08 Å². The molecule has 1 aromatic heterocycles. The third-order valence-corrected chi connectivity index (χ3v) is 2.55. The molecule has 0 aliphatic carbocycles. The van der Waals surface area contributed by atoms with Crippen LogP contribution in [0.15, 0.2) is 46.1 Å². The topological polar surface area (TPSA) is 63.3 Å². The lowest BCUT2D eigenvalue weighted by atomic mass is 10.1. The summed E-state index contributed by atoms with van der Waals surface area (Å²) >= 11 is -1.99. The first-order chi connectivity index (χ1) is 6.79. The molecule has 1 aromatic carbocycles. The molecule has 1 heterocycles. The van der Waals surface area contributed by atoms with Crippen molar-refractivity contribution >= 4 is 11.1 Å². The zero-order chi connectivity index (χ0) is 9.97. The molecular weight excluding hydrogens is 202 g/mol. The van der Waals surface area contributed by atoms with Crippen LogP contribution in [0, 0.1) is 0 Å². The van der Waals surface area contributed by atoms with E-state index < -0.39 is 11.1 Å². The molecule has 0 amide bonds. The average Bonchev–Trinajstić information content (AvgIpc) is 2.70. The van der Waals surface area contributed by atoms with Gasteiger partial charge in [0.1, 0.15) is 6.26 Å². The minimum atomic E-state index is -1.99. The molecule has 5 heteroatoms. The minimum absolute atomic E-state index is 0.357. The number of hydrogen-bond acceptors (Lipinski definition) is 3. The highest BCUT2D eigenvalue weighted by atomic mass is 32.2. The van der Waals surface area contributed by atoms with Crippen molar-refractivity contribution in [3.8, 4) is 11.1 Å². The number of nitrogens with zero attached hydrogens (tertiary/aromatic N) is 1. The molecule has 0 saturated carbocycles. The van der Waals surface area contributed by atoms with E-state index in [-0.39, 0.29) is 0 Å². The third-order valence-electron chi connectivity index (χ3n) is 1.82. The van der Waals surface area contributed by atoms with Crippen LogP contribution in [0.4, 0.5) is 0 Å². The smallest absolute Gasteiger partial charge is 0.187 e. The first-order valence-electron chi connectivity index (χ1n) is 3.88. The Bertz CT molecular complexity index is 453. The van der Waals surface area contributed by atoms with Crippen LogP contribution >= 0.6 is 0 Å². The molecule has 0 fully saturated rings. The second kappa shape index (κ2) is 3.73. The molecule has 1 atom stereocenters. The standard InChI is InChI=1S/C9H7NO3S/c11-14(12)9-4-2-1-3-8(9)7-5-10-13-6-7/h1-6H,(H,11,12). The molecule has 0 aliphatic rings. The lowest BCUT2D eigenvalue weighted by molar-refractivity contribution is 0.420. The van der Waals surface area contributed by atoms with Crippen molar-refractivity contribution in [2.24, 2.45) is 0 Å². The summed E-state index contributed by atoms with van der Waals surface area (Å²) in [5.74, 6) is 0. The van der Waals surface area contributed by atoms with Gasteiger partial charge in [-0.05, 0) is 6.07 Å². The predicted molar refractivity (Wildman–Crippen MR) is 51.0 cm³/mol. The van der Waals surface area contributed by atoms with E-state index in [0.29, 0.717) is 16.0 Å². The highest BCUT2D eigenvalue weighted by Crippen LogP contribution is 2.24. The monoisotopic (exact) mass is 209 g/mol. The van der Waals surface area contributed by atoms with Crippen LogP contribution in [0.5, 0.6) is 0 Å². The molecule has 0 saturated heterocycles. The van der Waals surface area contributed by atoms with Gasteiger partial charge in [0.15, 0.2) is 11.1 Å². The van der Waals surface area contributed by atoms with Crippen molar-refractivity contribution in [3.05, 3.63) is 36.7 Å². The van der Waals surface area contributed by atoms with Gasteiger partial charge in [-0.3, -0.25) is 0 Å². The van der Waals surface area contributed by atoms with E-state index in [1.807, 2.05) is 0 Å². The van der Waals surface area contributed by atoms with Gasteiger partial charge >= 0.3 is 0 Å². The Balaban J connectivity index is 2.58. The third kappa shape index (κ3) is 1.59. The normalized spacial score (nSPS) is 12.6. The quantitative estimate of drug-likeness (QED) is 0.767. The van der Waals surface area contributed by atoms with E-state index in [9.17, 15) is 4.21 Å². The average molecular weight is 209 g/mol. The first kappa shape index (κ1) is 9.11. The molecule has 1 N–H and O–H groups in total. The summed E-state index contributed by atoms with van der Waals surface area (Å²) in [4.78, 5) is 0.357. The van der Waals surface area contributed by atoms with Crippen LogP contribution < -0.4 is 0 Å². The van der Waals surface area contributed by atoms with Crippen LogP contribution in [0.2, 0.25) is 0 Å². The van der Waals surface area contributed by atoms with E-state index in [4.69, 9.17) is 4.55 Å². The summed E-state index contributed by atoms with van der Waals surface area (Å²) in [5.41, 5.74) is 1.36. The largest absolute Gasteiger partial charge is 0.364 e. The summed E-state index contributed by atoms with van der Waals surface area (Å²) in [6, 6.07) is 6.84. The highest BCUT2D eigenvalue weighted by Gasteiger charge is 2.09. The molecule has 14 heavy (non-hydrogen) atoms. The molecule has 0 aliphatic heterocycles. The van der Waals surface area contributed by atoms with Crippen molar-refractivity contribution in [2.75, 3.05) is 0 Å². The Hall–Kier alpha value is -1.46. The number of hydrogen-bond donors (Lipinski definition) is 1. The van der Waals surface area contributed by atoms with Gasteiger partial charge in [-0.25, -0.2) is 4.21 Å². The fourth-order valence-electron chi connectivity index (χ4n) is 1.20. The van der Waals surface area contributed by atoms with Gasteiger partial charge in [0.05, 0.1) is 11.1 Å². The molecule has 0 spiro atoms. The Morgan fingerprint density at radius 2 is 2.14 bits per heavy atom. The first-order valence-corrected chi connectivity index (χ1v) is 4.99. The fraction of sp³-hybridized carbons (Fsp3) is 0. The predicted octanol–water partition coefficient (Wildman–Crippen LogP) is 1.92. The molecule has 0 radical (unpaired) electrons. The van der Waals surface area contributed by atoms with E-state index in [1.165, 1.54) is 12.5 Å². The Labute approximate surface area is 82.8 Å². The van der Waals surface area contributed by atoms with Crippen molar-refractivity contribution in [1.29, 1.82) is 0 Å². The fourth-order valence-corrected chi connectivity index (χ4v) is 1.76. The molecule has 4 nitrogen and oxygen atoms in total. The minimum Gasteiger partial charge on any atom is -0.364 e. The highest BCUT2D eigenvalue weighted by molar-refractivity contribution is 7.79. The van der Waals surface area contributed by atoms with Gasteiger partial charge in [0.2, 0.25) is 0 Å². The van der Waals surface area contributed by atoms with Crippen molar-refractivity contribution < 1.29 is 13.3 Å². The second-order valence-corrected chi connectivity index (χ2v) is 3.60. The van der Waals surface area contributed by atoms with E-state index in [0.717, 1.165) is 0 Å². The Morgan fingerprint density at radius 1 is 1.36 bits per heavy atom. The molecular formula is C9H7NO3S. The van der Waals surface area contributed by atoms with E-state index >= 15 is 0 Å². The van der Waals surface area contributed by atoms with Crippen LogP contribution in [0.1, 0.15) is 0 Å². The molecule has 72 valence electrons. The lowest BCUT2D eigenvalue weighted by Crippen LogP contribution is -1.91. The summed E-state index contributed by atoms with van der Waals surface area (Å²) in [6.07, 6.45) is 2.94. The van der Waals surface area contributed by atoms with Crippen molar-refractivity contribution in [2.45, 2.75) is 4.90 Å². The van der Waals surface area contributed by atoms with Gasteiger partial charge in [0, 0.05) is 11.1 Å². The summed E-state index contributed by atoms with van der Waals surface area (Å²) in [6.45, 7) is 0. The van der Waals surface area contributed by atoms with Gasteiger partial charge in [-0.1, -0.05) is 23.4 Å². The molecule has 0 bridgehead atoms. The molecule has 2 rings (SSSR count). The number of aromatic nitrogens is 1. The van der Waals surface area contributed by atoms with Crippen LogP contribution in [-0.4, -0.2) is 13.9 Å². The SMILES string of the molecule is O=S(O)c1ccccc1-c1cnoc1. The van der Waals surface area contributed by atoms with Crippen molar-refractivity contribution in [1.82, 2.24) is 5.16 Å². The van der Waals surface area contributed by atoms with Gasteiger partial charge in [-0.2, -0.15) is 0 Å². The zero-order valence-electron chi connectivity index (χ0n) is 7.08. The molecule has 2 aromatic rings. The van der Waals surface area contributed by atoms with Crippen molar-refractivity contribution in [3.63, 3.8) is 0 Å². The number of benzene rings is 1. The van der Waals surface area contributed by atoms with Crippen LogP contribution in [0.25, 0.3) is 11.1 Å². The lowest BCUT2D eigenvalue weighted by Gasteiger charge is -2.01. The van der Waals surface area contributed by atoms with Crippen LogP contribution in [-0.2, 0) is 11.1 Å². The molecule has 1 unspecified atom stereocenters. The Morgan fingerprint density at radius 3 is 2.79 bits per heavy atom.